The number of alkyl halides is 2. The van der Waals surface area contributed by atoms with Crippen LogP contribution in [-0.2, 0) is 10.5 Å². The first kappa shape index (κ1) is 15.9. The Morgan fingerprint density at radius 1 is 1.47 bits per heavy atom. The van der Waals surface area contributed by atoms with Crippen LogP contribution in [0.2, 0.25) is 0 Å². The maximum atomic E-state index is 12.7. The van der Waals surface area contributed by atoms with E-state index < -0.39 is 25.0 Å². The van der Waals surface area contributed by atoms with Gasteiger partial charge in [0.15, 0.2) is 0 Å². The van der Waals surface area contributed by atoms with E-state index in [1.165, 1.54) is 11.8 Å². The largest absolute Gasteiger partial charge is 0.390 e. The summed E-state index contributed by atoms with van der Waals surface area (Å²) in [4.78, 5) is 11.3. The van der Waals surface area contributed by atoms with Crippen molar-refractivity contribution in [2.45, 2.75) is 18.6 Å². The second-order valence-electron chi connectivity index (χ2n) is 4.27. The van der Waals surface area contributed by atoms with E-state index in [9.17, 15) is 13.6 Å². The zero-order chi connectivity index (χ0) is 14.3. The average molecular weight is 289 g/mol. The molecule has 1 amide bonds. The second-order valence-corrected chi connectivity index (χ2v) is 5.26. The van der Waals surface area contributed by atoms with Crippen molar-refractivity contribution >= 4 is 17.7 Å². The molecule has 6 heteroatoms. The summed E-state index contributed by atoms with van der Waals surface area (Å²) in [6.45, 7) is -0.102. The van der Waals surface area contributed by atoms with Crippen LogP contribution in [0, 0.1) is 6.92 Å². The van der Waals surface area contributed by atoms with Crippen molar-refractivity contribution in [2.24, 2.45) is 0 Å². The van der Waals surface area contributed by atoms with Gasteiger partial charge in [0.05, 0.1) is 12.3 Å². The molecule has 1 aromatic carbocycles. The van der Waals surface area contributed by atoms with Gasteiger partial charge in [0.2, 0.25) is 5.91 Å². The molecule has 0 aliphatic heterocycles. The number of nitrogens with one attached hydrogen (secondary N) is 1. The van der Waals surface area contributed by atoms with Crippen LogP contribution in [0.3, 0.4) is 0 Å². The predicted octanol–water partition coefficient (Wildman–Crippen LogP) is 1.97. The third-order valence-electron chi connectivity index (χ3n) is 2.36. The summed E-state index contributed by atoms with van der Waals surface area (Å²) in [6.07, 6.45) is 0. The fraction of sp³-hybridized carbons (Fsp3) is 0.462. The lowest BCUT2D eigenvalue weighted by molar-refractivity contribution is -0.121. The molecule has 0 atom stereocenters. The van der Waals surface area contributed by atoms with Crippen LogP contribution in [0.1, 0.15) is 11.1 Å². The Balaban J connectivity index is 2.24. The van der Waals surface area contributed by atoms with Gasteiger partial charge in [0.25, 0.3) is 5.92 Å². The van der Waals surface area contributed by atoms with E-state index in [1.807, 2.05) is 31.2 Å². The van der Waals surface area contributed by atoms with Gasteiger partial charge < -0.3 is 10.4 Å². The molecule has 0 aromatic heterocycles. The van der Waals surface area contributed by atoms with Crippen LogP contribution in [0.4, 0.5) is 8.78 Å². The SMILES string of the molecule is Cc1cccc(CSCC(=O)NCC(F)(F)CO)c1. The molecule has 0 fully saturated rings. The second kappa shape index (κ2) is 7.45. The number of aliphatic hydroxyl groups is 1. The lowest BCUT2D eigenvalue weighted by Gasteiger charge is -2.13. The molecule has 1 aromatic rings. The first-order valence-electron chi connectivity index (χ1n) is 5.81. The molecule has 0 aliphatic rings. The zero-order valence-corrected chi connectivity index (χ0v) is 11.5. The summed E-state index contributed by atoms with van der Waals surface area (Å²) >= 11 is 1.36. The van der Waals surface area contributed by atoms with Crippen molar-refractivity contribution in [1.82, 2.24) is 5.32 Å². The van der Waals surface area contributed by atoms with Gasteiger partial charge in [-0.25, -0.2) is 8.78 Å². The summed E-state index contributed by atoms with van der Waals surface area (Å²) in [6, 6.07) is 7.90. The number of amides is 1. The van der Waals surface area contributed by atoms with E-state index in [2.05, 4.69) is 5.32 Å². The number of hydrogen-bond acceptors (Lipinski definition) is 3. The van der Waals surface area contributed by atoms with Crippen LogP contribution in [-0.4, -0.2) is 35.8 Å². The van der Waals surface area contributed by atoms with Crippen LogP contribution in [0.15, 0.2) is 24.3 Å². The minimum atomic E-state index is -3.25. The molecule has 0 aliphatic carbocycles. The third-order valence-corrected chi connectivity index (χ3v) is 3.36. The van der Waals surface area contributed by atoms with E-state index in [1.54, 1.807) is 0 Å². The Hall–Kier alpha value is -1.14. The first-order chi connectivity index (χ1) is 8.93. The van der Waals surface area contributed by atoms with Gasteiger partial charge in [-0.2, -0.15) is 0 Å². The Bertz CT molecular complexity index is 427. The third kappa shape index (κ3) is 6.54. The molecule has 0 radical (unpaired) electrons. The highest BCUT2D eigenvalue weighted by Crippen LogP contribution is 2.14. The zero-order valence-electron chi connectivity index (χ0n) is 10.7. The summed E-state index contributed by atoms with van der Waals surface area (Å²) in [5, 5.41) is 10.5. The topological polar surface area (TPSA) is 49.3 Å². The Morgan fingerprint density at radius 3 is 2.84 bits per heavy atom. The van der Waals surface area contributed by atoms with E-state index in [0.717, 1.165) is 11.1 Å². The molecule has 0 spiro atoms. The molecular formula is C13H17F2NO2S. The molecule has 3 nitrogen and oxygen atoms in total. The number of hydrogen-bond donors (Lipinski definition) is 2. The van der Waals surface area contributed by atoms with Crippen LogP contribution in [0.5, 0.6) is 0 Å². The molecule has 106 valence electrons. The van der Waals surface area contributed by atoms with E-state index in [4.69, 9.17) is 5.11 Å². The highest BCUT2D eigenvalue weighted by atomic mass is 32.2. The summed E-state index contributed by atoms with van der Waals surface area (Å²) in [5.74, 6) is -2.93. The smallest absolute Gasteiger partial charge is 0.287 e. The summed E-state index contributed by atoms with van der Waals surface area (Å²) in [7, 11) is 0. The fourth-order valence-corrected chi connectivity index (χ4v) is 2.20. The van der Waals surface area contributed by atoms with Gasteiger partial charge in [0.1, 0.15) is 6.61 Å². The van der Waals surface area contributed by atoms with Gasteiger partial charge in [0, 0.05) is 5.75 Å². The highest BCUT2D eigenvalue weighted by molar-refractivity contribution is 7.99. The van der Waals surface area contributed by atoms with Crippen LogP contribution in [0.25, 0.3) is 0 Å². The standard InChI is InChI=1S/C13H17F2NO2S/c1-10-3-2-4-11(5-10)6-19-7-12(18)16-8-13(14,15)9-17/h2-5,17H,6-9H2,1H3,(H,16,18). The van der Waals surface area contributed by atoms with Crippen molar-refractivity contribution < 1.29 is 18.7 Å². The van der Waals surface area contributed by atoms with E-state index in [-0.39, 0.29) is 5.75 Å². The molecule has 2 N–H and O–H groups in total. The lowest BCUT2D eigenvalue weighted by Crippen LogP contribution is -2.39. The molecule has 1 rings (SSSR count). The van der Waals surface area contributed by atoms with Crippen LogP contribution < -0.4 is 5.32 Å². The first-order valence-corrected chi connectivity index (χ1v) is 6.97. The van der Waals surface area contributed by atoms with Crippen molar-refractivity contribution in [2.75, 3.05) is 18.9 Å². The van der Waals surface area contributed by atoms with Crippen molar-refractivity contribution in [1.29, 1.82) is 0 Å². The molecule has 0 heterocycles. The number of rotatable bonds is 7. The Labute approximate surface area is 115 Å². The molecule has 0 bridgehead atoms. The number of halogens is 2. The van der Waals surface area contributed by atoms with E-state index in [0.29, 0.717) is 5.75 Å². The van der Waals surface area contributed by atoms with Crippen molar-refractivity contribution in [3.05, 3.63) is 35.4 Å². The summed E-state index contributed by atoms with van der Waals surface area (Å²) in [5.41, 5.74) is 2.24. The van der Waals surface area contributed by atoms with Crippen LogP contribution >= 0.6 is 11.8 Å². The highest BCUT2D eigenvalue weighted by Gasteiger charge is 2.27. The van der Waals surface area contributed by atoms with Gasteiger partial charge >= 0.3 is 0 Å². The minimum absolute atomic E-state index is 0.120. The number of benzene rings is 1. The van der Waals surface area contributed by atoms with Gasteiger partial charge in [-0.15, -0.1) is 11.8 Å². The molecule has 0 unspecified atom stereocenters. The van der Waals surface area contributed by atoms with Gasteiger partial charge in [-0.3, -0.25) is 4.79 Å². The van der Waals surface area contributed by atoms with Gasteiger partial charge in [-0.05, 0) is 12.5 Å². The molecule has 19 heavy (non-hydrogen) atoms. The Kier molecular flexibility index (Phi) is 6.24. The van der Waals surface area contributed by atoms with Crippen molar-refractivity contribution in [3.63, 3.8) is 0 Å². The number of carbonyl (C=O) groups excluding carboxylic acids is 1. The number of aliphatic hydroxyl groups excluding tert-OH is 1. The monoisotopic (exact) mass is 289 g/mol. The van der Waals surface area contributed by atoms with Gasteiger partial charge in [-0.1, -0.05) is 29.8 Å². The van der Waals surface area contributed by atoms with Crippen molar-refractivity contribution in [3.8, 4) is 0 Å². The summed E-state index contributed by atoms with van der Waals surface area (Å²) < 4.78 is 25.3. The molecular weight excluding hydrogens is 272 g/mol. The number of aryl methyl sites for hydroxylation is 1. The Morgan fingerprint density at radius 2 is 2.21 bits per heavy atom. The maximum Gasteiger partial charge on any atom is 0.287 e. The molecule has 0 saturated heterocycles. The minimum Gasteiger partial charge on any atom is -0.390 e. The van der Waals surface area contributed by atoms with E-state index >= 15 is 0 Å². The number of thioether (sulfide) groups is 1. The maximum absolute atomic E-state index is 12.7. The lowest BCUT2D eigenvalue weighted by atomic mass is 10.2. The number of carbonyl (C=O) groups is 1. The fourth-order valence-electron chi connectivity index (χ4n) is 1.40. The quantitative estimate of drug-likeness (QED) is 0.807. The predicted molar refractivity (Wildman–Crippen MR) is 72.4 cm³/mol. The molecule has 0 saturated carbocycles. The average Bonchev–Trinajstić information content (AvgIpc) is 2.37. The normalized spacial score (nSPS) is 11.4.